The molecule has 6 nitrogen and oxygen atoms in total. The first kappa shape index (κ1) is 21.4. The summed E-state index contributed by atoms with van der Waals surface area (Å²) in [6.45, 7) is 0. The van der Waals surface area contributed by atoms with Crippen molar-refractivity contribution in [2.75, 3.05) is 10.6 Å². The van der Waals surface area contributed by atoms with Gasteiger partial charge < -0.3 is 5.32 Å². The second kappa shape index (κ2) is 8.71. The largest absolute Gasteiger partial charge is 0.419 e. The second-order valence-electron chi connectivity index (χ2n) is 6.51. The number of hydrogen-bond acceptors (Lipinski definition) is 6. The van der Waals surface area contributed by atoms with Crippen molar-refractivity contribution in [3.05, 3.63) is 83.9 Å². The quantitative estimate of drug-likeness (QED) is 0.371. The molecule has 0 aliphatic heterocycles. The van der Waals surface area contributed by atoms with Crippen LogP contribution < -0.4 is 10.6 Å². The van der Waals surface area contributed by atoms with E-state index in [1.165, 1.54) is 0 Å². The lowest BCUT2D eigenvalue weighted by Crippen LogP contribution is -2.11. The first-order valence-corrected chi connectivity index (χ1v) is 9.86. The highest BCUT2D eigenvalue weighted by Gasteiger charge is 2.34. The predicted octanol–water partition coefficient (Wildman–Crippen LogP) is 5.75. The highest BCUT2D eigenvalue weighted by atomic mass is 32.1. The molecule has 32 heavy (non-hydrogen) atoms. The minimum Gasteiger partial charge on any atom is -0.355 e. The van der Waals surface area contributed by atoms with E-state index in [9.17, 15) is 22.4 Å². The number of rotatable bonds is 5. The molecule has 0 fully saturated rings. The zero-order valence-corrected chi connectivity index (χ0v) is 16.8. The van der Waals surface area contributed by atoms with E-state index in [0.717, 1.165) is 29.0 Å². The zero-order valence-electron chi connectivity index (χ0n) is 16.0. The van der Waals surface area contributed by atoms with E-state index in [0.29, 0.717) is 17.7 Å². The number of pyridine rings is 1. The molecule has 2 heterocycles. The molecular weight excluding hydrogens is 446 g/mol. The van der Waals surface area contributed by atoms with Gasteiger partial charge in [-0.3, -0.25) is 15.1 Å². The van der Waals surface area contributed by atoms with E-state index in [1.807, 2.05) is 0 Å². The summed E-state index contributed by atoms with van der Waals surface area (Å²) in [5.41, 5.74) is 0.539. The molecule has 0 saturated heterocycles. The van der Waals surface area contributed by atoms with Crippen molar-refractivity contribution in [2.45, 2.75) is 6.18 Å². The number of anilines is 3. The number of carbonyl (C=O) groups is 1. The lowest BCUT2D eigenvalue weighted by Gasteiger charge is -2.08. The standard InChI is InChI=1S/C21H13F4N5OS/c22-17-6-3-13(11-16(17)21(23,24)25)18-28-20(32-30-18)29-19(31)12-1-4-14(5-2-12)27-15-7-9-26-10-8-15/h1-11H,(H,26,27)(H,28,29,30,31). The first-order chi connectivity index (χ1) is 15.3. The molecule has 0 radical (unpaired) electrons. The smallest absolute Gasteiger partial charge is 0.355 e. The molecule has 0 bridgehead atoms. The molecule has 2 aromatic heterocycles. The number of benzene rings is 2. The molecule has 2 N–H and O–H groups in total. The Hall–Kier alpha value is -3.86. The van der Waals surface area contributed by atoms with Gasteiger partial charge in [0.2, 0.25) is 5.13 Å². The third kappa shape index (κ3) is 4.89. The Labute approximate surface area is 183 Å². The normalized spacial score (nSPS) is 11.2. The average molecular weight is 459 g/mol. The number of alkyl halides is 3. The molecule has 0 spiro atoms. The van der Waals surface area contributed by atoms with Gasteiger partial charge in [-0.2, -0.15) is 22.5 Å². The monoisotopic (exact) mass is 459 g/mol. The number of carbonyl (C=O) groups excluding carboxylic acids is 1. The van der Waals surface area contributed by atoms with Gasteiger partial charge >= 0.3 is 6.18 Å². The Balaban J connectivity index is 1.45. The molecule has 0 aliphatic rings. The summed E-state index contributed by atoms with van der Waals surface area (Å²) in [6.07, 6.45) is -1.54. The molecule has 0 saturated carbocycles. The number of hydrogen-bond donors (Lipinski definition) is 2. The van der Waals surface area contributed by atoms with Crippen molar-refractivity contribution < 1.29 is 22.4 Å². The molecule has 0 aliphatic carbocycles. The van der Waals surface area contributed by atoms with Crippen molar-refractivity contribution in [3.63, 3.8) is 0 Å². The Bertz CT molecular complexity index is 1240. The maximum Gasteiger partial charge on any atom is 0.419 e. The molecule has 11 heteroatoms. The van der Waals surface area contributed by atoms with E-state index < -0.39 is 23.5 Å². The number of halogens is 4. The van der Waals surface area contributed by atoms with Crippen LogP contribution in [0.4, 0.5) is 34.1 Å². The van der Waals surface area contributed by atoms with Gasteiger partial charge in [0.25, 0.3) is 5.91 Å². The van der Waals surface area contributed by atoms with Gasteiger partial charge in [0.1, 0.15) is 5.82 Å². The lowest BCUT2D eigenvalue weighted by atomic mass is 10.1. The van der Waals surface area contributed by atoms with Crippen molar-refractivity contribution in [2.24, 2.45) is 0 Å². The molecule has 0 atom stereocenters. The maximum atomic E-state index is 13.5. The van der Waals surface area contributed by atoms with Crippen LogP contribution in [0.15, 0.2) is 67.0 Å². The molecule has 4 rings (SSSR count). The zero-order chi connectivity index (χ0) is 22.7. The summed E-state index contributed by atoms with van der Waals surface area (Å²) in [7, 11) is 0. The van der Waals surface area contributed by atoms with E-state index in [4.69, 9.17) is 0 Å². The summed E-state index contributed by atoms with van der Waals surface area (Å²) in [5, 5.41) is 5.82. The Morgan fingerprint density at radius 1 is 0.938 bits per heavy atom. The number of nitrogens with one attached hydrogen (secondary N) is 2. The molecular formula is C21H13F4N5OS. The third-order valence-electron chi connectivity index (χ3n) is 4.29. The van der Waals surface area contributed by atoms with Gasteiger partial charge in [-0.1, -0.05) is 0 Å². The van der Waals surface area contributed by atoms with Crippen LogP contribution in [-0.4, -0.2) is 20.2 Å². The van der Waals surface area contributed by atoms with Gasteiger partial charge in [-0.15, -0.1) is 0 Å². The molecule has 4 aromatic rings. The van der Waals surface area contributed by atoms with Crippen LogP contribution in [-0.2, 0) is 6.18 Å². The minimum atomic E-state index is -4.84. The fraction of sp³-hybridized carbons (Fsp3) is 0.0476. The van der Waals surface area contributed by atoms with Gasteiger partial charge in [-0.05, 0) is 54.6 Å². The van der Waals surface area contributed by atoms with E-state index in [2.05, 4.69) is 25.0 Å². The Morgan fingerprint density at radius 2 is 1.62 bits per heavy atom. The maximum absolute atomic E-state index is 13.5. The SMILES string of the molecule is O=C(Nc1nc(-c2ccc(F)c(C(F)(F)F)c2)ns1)c1ccc(Nc2ccncc2)cc1. The second-order valence-corrected chi connectivity index (χ2v) is 7.26. The fourth-order valence-electron chi connectivity index (χ4n) is 2.75. The number of aromatic nitrogens is 3. The lowest BCUT2D eigenvalue weighted by molar-refractivity contribution is -0.139. The van der Waals surface area contributed by atoms with Gasteiger partial charge in [0.05, 0.1) is 5.56 Å². The van der Waals surface area contributed by atoms with Crippen LogP contribution in [0, 0.1) is 5.82 Å². The number of nitrogens with zero attached hydrogens (tertiary/aromatic N) is 3. The van der Waals surface area contributed by atoms with E-state index in [-0.39, 0.29) is 16.5 Å². The summed E-state index contributed by atoms with van der Waals surface area (Å²) < 4.78 is 56.2. The summed E-state index contributed by atoms with van der Waals surface area (Å²) >= 11 is 0.804. The predicted molar refractivity (Wildman–Crippen MR) is 112 cm³/mol. The molecule has 2 aromatic carbocycles. The van der Waals surface area contributed by atoms with Crippen molar-refractivity contribution in [3.8, 4) is 11.4 Å². The molecule has 162 valence electrons. The molecule has 0 unspecified atom stereocenters. The summed E-state index contributed by atoms with van der Waals surface area (Å²) in [6, 6.07) is 12.7. The van der Waals surface area contributed by atoms with Crippen molar-refractivity contribution in [1.29, 1.82) is 0 Å². The van der Waals surface area contributed by atoms with Crippen molar-refractivity contribution >= 4 is 33.9 Å². The van der Waals surface area contributed by atoms with E-state index >= 15 is 0 Å². The first-order valence-electron chi connectivity index (χ1n) is 9.09. The molecule has 1 amide bonds. The van der Waals surface area contributed by atoms with Crippen LogP contribution in [0.5, 0.6) is 0 Å². The van der Waals surface area contributed by atoms with E-state index in [1.54, 1.807) is 48.8 Å². The minimum absolute atomic E-state index is 0.0120. The van der Waals surface area contributed by atoms with Crippen LogP contribution in [0.2, 0.25) is 0 Å². The van der Waals surface area contributed by atoms with Crippen molar-refractivity contribution in [1.82, 2.24) is 14.3 Å². The van der Waals surface area contributed by atoms with Crippen LogP contribution >= 0.6 is 11.5 Å². The average Bonchev–Trinajstić information content (AvgIpc) is 3.23. The van der Waals surface area contributed by atoms with Crippen LogP contribution in [0.1, 0.15) is 15.9 Å². The summed E-state index contributed by atoms with van der Waals surface area (Å²) in [5.74, 6) is -1.89. The highest BCUT2D eigenvalue weighted by Crippen LogP contribution is 2.34. The Morgan fingerprint density at radius 3 is 2.31 bits per heavy atom. The highest BCUT2D eigenvalue weighted by molar-refractivity contribution is 7.10. The topological polar surface area (TPSA) is 79.8 Å². The number of amides is 1. The fourth-order valence-corrected chi connectivity index (χ4v) is 3.33. The third-order valence-corrected chi connectivity index (χ3v) is 4.92. The Kier molecular flexibility index (Phi) is 5.82. The van der Waals surface area contributed by atoms with Crippen LogP contribution in [0.3, 0.4) is 0 Å². The van der Waals surface area contributed by atoms with Gasteiger partial charge in [-0.25, -0.2) is 4.39 Å². The van der Waals surface area contributed by atoms with Gasteiger partial charge in [0.15, 0.2) is 5.82 Å². The summed E-state index contributed by atoms with van der Waals surface area (Å²) in [4.78, 5) is 20.4. The van der Waals surface area contributed by atoms with Gasteiger partial charge in [0, 0.05) is 46.4 Å². The van der Waals surface area contributed by atoms with Crippen LogP contribution in [0.25, 0.3) is 11.4 Å².